The maximum Gasteiger partial charge on any atom is 0.355 e. The van der Waals surface area contributed by atoms with E-state index < -0.39 is 36.0 Å². The number of aromatic nitrogens is 2. The molecule has 0 saturated heterocycles. The molecule has 7 nitrogen and oxygen atoms in total. The molecule has 0 radical (unpaired) electrons. The molecule has 0 aliphatic heterocycles. The van der Waals surface area contributed by atoms with E-state index in [9.17, 15) is 13.7 Å². The fraction of sp³-hybridized carbons (Fsp3) is 0.609. The molecule has 1 atom stereocenters. The molecule has 33 heavy (non-hydrogen) atoms. The Labute approximate surface area is 200 Å². The van der Waals surface area contributed by atoms with Crippen molar-refractivity contribution in [1.29, 1.82) is 0 Å². The van der Waals surface area contributed by atoms with E-state index in [0.29, 0.717) is 17.6 Å². The number of halogens is 1. The number of esters is 1. The topological polar surface area (TPSA) is 88.8 Å². The Morgan fingerprint density at radius 2 is 1.94 bits per heavy atom. The van der Waals surface area contributed by atoms with Crippen molar-refractivity contribution in [2.75, 3.05) is 6.61 Å². The quantitative estimate of drug-likeness (QED) is 0.154. The first kappa shape index (κ1) is 27.5. The van der Waals surface area contributed by atoms with Crippen molar-refractivity contribution in [3.05, 3.63) is 29.3 Å². The fourth-order valence-corrected chi connectivity index (χ4v) is 4.19. The molecular formula is C23H36FN3O4SSi. The van der Waals surface area contributed by atoms with Crippen LogP contribution in [-0.4, -0.2) is 51.3 Å². The van der Waals surface area contributed by atoms with Gasteiger partial charge in [0.1, 0.15) is 45.6 Å². The van der Waals surface area contributed by atoms with Crippen LogP contribution >= 0.6 is 0 Å². The predicted molar refractivity (Wildman–Crippen MR) is 134 cm³/mol. The summed E-state index contributed by atoms with van der Waals surface area (Å²) in [6, 6.07) is 3.83. The van der Waals surface area contributed by atoms with Gasteiger partial charge in [-0.15, -0.1) is 0 Å². The van der Waals surface area contributed by atoms with E-state index in [2.05, 4.69) is 29.0 Å². The van der Waals surface area contributed by atoms with E-state index in [0.717, 1.165) is 6.04 Å². The maximum absolute atomic E-state index is 14.9. The summed E-state index contributed by atoms with van der Waals surface area (Å²) in [4.78, 5) is 17.2. The molecule has 0 saturated carbocycles. The number of ether oxygens (including phenoxy) is 2. The lowest BCUT2D eigenvalue weighted by Gasteiger charge is -2.18. The molecule has 0 unspecified atom stereocenters. The second-order valence-corrected chi connectivity index (χ2v) is 18.1. The van der Waals surface area contributed by atoms with Crippen LogP contribution in [0.15, 0.2) is 16.5 Å². The van der Waals surface area contributed by atoms with Crippen molar-refractivity contribution in [2.24, 2.45) is 4.40 Å². The van der Waals surface area contributed by atoms with Crippen molar-refractivity contribution < 1.29 is 23.2 Å². The number of rotatable bonds is 9. The smallest absolute Gasteiger partial charge is 0.355 e. The second-order valence-electron chi connectivity index (χ2n) is 10.5. The zero-order valence-corrected chi connectivity index (χ0v) is 22.9. The molecule has 10 heteroatoms. The Balaban J connectivity index is 2.51. The molecular weight excluding hydrogens is 461 g/mol. The highest BCUT2D eigenvalue weighted by molar-refractivity contribution is 7.91. The second kappa shape index (κ2) is 10.7. The molecule has 0 aromatic carbocycles. The predicted octanol–water partition coefficient (Wildman–Crippen LogP) is 5.32. The van der Waals surface area contributed by atoms with Crippen LogP contribution in [0.3, 0.4) is 0 Å². The summed E-state index contributed by atoms with van der Waals surface area (Å²) in [5.41, 5.74) is 0.835. The highest BCUT2D eigenvalue weighted by Crippen LogP contribution is 2.24. The Morgan fingerprint density at radius 3 is 2.48 bits per heavy atom. The summed E-state index contributed by atoms with van der Waals surface area (Å²) >= 11 is -1.56. The van der Waals surface area contributed by atoms with Crippen LogP contribution in [0.2, 0.25) is 25.7 Å². The zero-order valence-electron chi connectivity index (χ0n) is 21.1. The van der Waals surface area contributed by atoms with Crippen LogP contribution < -0.4 is 0 Å². The van der Waals surface area contributed by atoms with E-state index in [1.165, 1.54) is 6.07 Å². The number of carbonyl (C=O) groups excluding carboxylic acids is 1. The molecule has 0 bridgehead atoms. The van der Waals surface area contributed by atoms with Gasteiger partial charge in [0, 0.05) is 20.1 Å². The average Bonchev–Trinajstić information content (AvgIpc) is 2.99. The van der Waals surface area contributed by atoms with Gasteiger partial charge in [0.15, 0.2) is 5.82 Å². The third-order valence-corrected chi connectivity index (χ3v) is 7.87. The van der Waals surface area contributed by atoms with Gasteiger partial charge in [-0.25, -0.2) is 14.2 Å². The largest absolute Gasteiger partial charge is 0.591 e. The molecule has 0 aliphatic carbocycles. The lowest BCUT2D eigenvalue weighted by molar-refractivity contribution is 0.0338. The van der Waals surface area contributed by atoms with Crippen LogP contribution in [-0.2, 0) is 27.6 Å². The highest BCUT2D eigenvalue weighted by Gasteiger charge is 2.28. The molecule has 0 aliphatic rings. The minimum atomic E-state index is -1.56. The summed E-state index contributed by atoms with van der Waals surface area (Å²) in [6.07, 6.45) is -0.307. The monoisotopic (exact) mass is 497 g/mol. The number of fused-ring (bicyclic) bond motifs is 1. The maximum atomic E-state index is 14.9. The van der Waals surface area contributed by atoms with Gasteiger partial charge in [0.2, 0.25) is 0 Å². The molecule has 0 amide bonds. The average molecular weight is 498 g/mol. The number of hydrogen-bond donors (Lipinski definition) is 0. The summed E-state index contributed by atoms with van der Waals surface area (Å²) in [6.45, 7) is 17.9. The molecule has 0 fully saturated rings. The summed E-state index contributed by atoms with van der Waals surface area (Å²) < 4.78 is 43.8. The number of carbonyl (C=O) groups is 1. The van der Waals surface area contributed by atoms with Gasteiger partial charge < -0.3 is 14.0 Å². The van der Waals surface area contributed by atoms with Crippen molar-refractivity contribution in [3.63, 3.8) is 0 Å². The van der Waals surface area contributed by atoms with Crippen LogP contribution in [0.4, 0.5) is 4.39 Å². The first-order valence-electron chi connectivity index (χ1n) is 11.1. The van der Waals surface area contributed by atoms with E-state index >= 15 is 0 Å². The molecule has 2 rings (SSSR count). The lowest BCUT2D eigenvalue weighted by atomic mass is 10.2. The molecule has 0 N–H and O–H groups in total. The SMILES string of the molecule is C/C(=N\[S@@+]([O-])C(C)(C)C)c1nc2c(cc1F)cc(C(=O)OC(C)C)n2COCC[Si](C)(C)C. The fourth-order valence-electron chi connectivity index (χ4n) is 2.82. The van der Waals surface area contributed by atoms with Gasteiger partial charge in [-0.2, -0.15) is 0 Å². The standard InChI is InChI=1S/C23H36FN3O4SSi/c1-15(2)31-22(28)19-13-17-12-18(24)20(16(3)26-32(29)23(4,5)6)25-21(17)27(19)14-30-10-11-33(7,8)9/h12-13,15H,10-11,14H2,1-9H3/b26-16+/t32-/m0/s1. The molecule has 184 valence electrons. The lowest BCUT2D eigenvalue weighted by Crippen LogP contribution is -2.27. The number of nitrogens with zero attached hydrogens (tertiary/aromatic N) is 3. The first-order chi connectivity index (χ1) is 15.1. The van der Waals surface area contributed by atoms with Gasteiger partial charge in [-0.05, 0) is 59.7 Å². The van der Waals surface area contributed by atoms with Gasteiger partial charge in [-0.3, -0.25) is 4.57 Å². The Bertz CT molecular complexity index is 1030. The Morgan fingerprint density at radius 1 is 1.30 bits per heavy atom. The van der Waals surface area contributed by atoms with E-state index in [-0.39, 0.29) is 29.9 Å². The third kappa shape index (κ3) is 7.63. The number of hydrogen-bond acceptors (Lipinski definition) is 6. The summed E-state index contributed by atoms with van der Waals surface area (Å²) in [5, 5.41) is 0.450. The van der Waals surface area contributed by atoms with Crippen molar-refractivity contribution >= 4 is 42.2 Å². The van der Waals surface area contributed by atoms with Crippen molar-refractivity contribution in [2.45, 2.75) is 84.8 Å². The van der Waals surface area contributed by atoms with Crippen LogP contribution in [0.1, 0.15) is 57.7 Å². The minimum Gasteiger partial charge on any atom is -0.591 e. The van der Waals surface area contributed by atoms with Crippen LogP contribution in [0.25, 0.3) is 11.0 Å². The van der Waals surface area contributed by atoms with Gasteiger partial charge >= 0.3 is 5.97 Å². The summed E-state index contributed by atoms with van der Waals surface area (Å²) in [7, 11) is -1.29. The first-order valence-corrected chi connectivity index (χ1v) is 15.9. The van der Waals surface area contributed by atoms with E-state index in [4.69, 9.17) is 9.47 Å². The van der Waals surface area contributed by atoms with Gasteiger partial charge in [0.05, 0.1) is 6.10 Å². The molecule has 2 aromatic rings. The van der Waals surface area contributed by atoms with Crippen molar-refractivity contribution in [3.8, 4) is 0 Å². The van der Waals surface area contributed by atoms with Crippen LogP contribution in [0.5, 0.6) is 0 Å². The zero-order chi connectivity index (χ0) is 25.1. The summed E-state index contributed by atoms with van der Waals surface area (Å²) in [5.74, 6) is -1.13. The Kier molecular flexibility index (Phi) is 8.89. The molecule has 2 aromatic heterocycles. The molecule has 0 spiro atoms. The minimum absolute atomic E-state index is 0.00896. The van der Waals surface area contributed by atoms with Crippen LogP contribution in [0, 0.1) is 5.82 Å². The highest BCUT2D eigenvalue weighted by atomic mass is 32.2. The normalized spacial score (nSPS) is 14.2. The Hall–Kier alpha value is -1.75. The molecule has 2 heterocycles. The van der Waals surface area contributed by atoms with Gasteiger partial charge in [-0.1, -0.05) is 24.0 Å². The van der Waals surface area contributed by atoms with Crippen molar-refractivity contribution in [1.82, 2.24) is 9.55 Å². The van der Waals surface area contributed by atoms with E-state index in [1.807, 2.05) is 0 Å². The van der Waals surface area contributed by atoms with Gasteiger partial charge in [0.25, 0.3) is 0 Å². The third-order valence-electron chi connectivity index (χ3n) is 4.68. The van der Waals surface area contributed by atoms with E-state index in [1.54, 1.807) is 52.2 Å². The number of pyridine rings is 1.